The lowest BCUT2D eigenvalue weighted by Crippen LogP contribution is -2.44. The minimum absolute atomic E-state index is 0.0705. The summed E-state index contributed by atoms with van der Waals surface area (Å²) in [5.41, 5.74) is 1.82. The molecule has 1 aliphatic carbocycles. The summed E-state index contributed by atoms with van der Waals surface area (Å²) in [6, 6.07) is 11.9. The van der Waals surface area contributed by atoms with E-state index in [2.05, 4.69) is 25.1 Å². The quantitative estimate of drug-likeness (QED) is 0.178. The Balaban J connectivity index is 1.12. The molecular weight excluding hydrogens is 716 g/mol. The average Bonchev–Trinajstić information content (AvgIpc) is 3.70. The highest BCUT2D eigenvalue weighted by atomic mass is 35.5. The number of alkyl halides is 1. The number of nitrogens with one attached hydrogen (secondary N) is 2. The molecular formula is C36H32ClF2N7O5S. The average molecular weight is 748 g/mol. The summed E-state index contributed by atoms with van der Waals surface area (Å²) in [5.74, 6) is -2.07. The van der Waals surface area contributed by atoms with Gasteiger partial charge in [-0.2, -0.15) is 5.10 Å². The van der Waals surface area contributed by atoms with Gasteiger partial charge in [0, 0.05) is 58.9 Å². The Labute approximate surface area is 302 Å². The van der Waals surface area contributed by atoms with Crippen LogP contribution in [-0.4, -0.2) is 75.5 Å². The van der Waals surface area contributed by atoms with Crippen LogP contribution in [0.5, 0.6) is 0 Å². The van der Waals surface area contributed by atoms with Crippen LogP contribution in [0.1, 0.15) is 42.5 Å². The van der Waals surface area contributed by atoms with E-state index in [9.17, 15) is 27.2 Å². The number of rotatable bonds is 10. The first-order chi connectivity index (χ1) is 24.8. The highest BCUT2D eigenvalue weighted by Crippen LogP contribution is 2.36. The molecule has 12 nitrogen and oxygen atoms in total. The van der Waals surface area contributed by atoms with Gasteiger partial charge in [-0.1, -0.05) is 29.8 Å². The van der Waals surface area contributed by atoms with Crippen LogP contribution in [-0.2, 0) is 26.2 Å². The molecule has 2 atom stereocenters. The fourth-order valence-electron chi connectivity index (χ4n) is 6.23. The number of amides is 2. The third-order valence-electron chi connectivity index (χ3n) is 9.05. The number of benzene rings is 3. The van der Waals surface area contributed by atoms with E-state index >= 15 is 4.39 Å². The predicted octanol–water partition coefficient (Wildman–Crippen LogP) is 5.48. The molecule has 0 unspecified atom stereocenters. The fraction of sp³-hybridized carbons (Fsp3) is 0.278. The lowest BCUT2D eigenvalue weighted by molar-refractivity contribution is -0.137. The van der Waals surface area contributed by atoms with Crippen molar-refractivity contribution in [2.45, 2.75) is 62.8 Å². The minimum atomic E-state index is -3.87. The fourth-order valence-corrected chi connectivity index (χ4v) is 7.78. The van der Waals surface area contributed by atoms with Crippen LogP contribution in [0, 0.1) is 12.7 Å². The Kier molecular flexibility index (Phi) is 9.35. The van der Waals surface area contributed by atoms with E-state index in [0.29, 0.717) is 16.7 Å². The van der Waals surface area contributed by atoms with Crippen molar-refractivity contribution in [3.8, 4) is 22.3 Å². The van der Waals surface area contributed by atoms with Crippen molar-refractivity contribution in [2.75, 3.05) is 11.9 Å². The number of Topliss-reactive ketones (excluding diaryl/α,β-unsaturated/α-hetero) is 1. The molecule has 2 amide bonds. The van der Waals surface area contributed by atoms with E-state index in [1.807, 2.05) is 0 Å². The third kappa shape index (κ3) is 7.03. The number of carbonyl (C=O) groups excluding carboxylic acids is 3. The van der Waals surface area contributed by atoms with E-state index in [1.165, 1.54) is 48.0 Å². The molecule has 2 aliphatic rings. The molecule has 268 valence electrons. The Hall–Kier alpha value is -5.12. The maximum atomic E-state index is 16.0. The van der Waals surface area contributed by atoms with Gasteiger partial charge in [0.05, 0.1) is 22.6 Å². The molecule has 7 rings (SSSR count). The predicted molar refractivity (Wildman–Crippen MR) is 189 cm³/mol. The number of hydrogen-bond acceptors (Lipinski definition) is 8. The van der Waals surface area contributed by atoms with Crippen molar-refractivity contribution in [1.82, 2.24) is 29.4 Å². The molecule has 3 aromatic carbocycles. The summed E-state index contributed by atoms with van der Waals surface area (Å²) >= 11 is 6.38. The second-order valence-corrected chi connectivity index (χ2v) is 15.0. The Morgan fingerprint density at radius 2 is 1.75 bits per heavy atom. The number of halogens is 3. The van der Waals surface area contributed by atoms with Crippen molar-refractivity contribution >= 4 is 55.8 Å². The van der Waals surface area contributed by atoms with Crippen LogP contribution in [0.25, 0.3) is 33.2 Å². The van der Waals surface area contributed by atoms with Gasteiger partial charge in [0.1, 0.15) is 30.3 Å². The second-order valence-electron chi connectivity index (χ2n) is 12.9. The topological polar surface area (TPSA) is 156 Å². The minimum Gasteiger partial charge on any atom is -0.326 e. The van der Waals surface area contributed by atoms with Crippen molar-refractivity contribution in [3.05, 3.63) is 89.3 Å². The van der Waals surface area contributed by atoms with E-state index in [0.717, 1.165) is 28.9 Å². The maximum absolute atomic E-state index is 16.0. The zero-order valence-electron chi connectivity index (χ0n) is 27.9. The summed E-state index contributed by atoms with van der Waals surface area (Å²) in [6.45, 7) is 2.35. The number of carbonyl (C=O) groups is 3. The molecule has 2 aromatic heterocycles. The van der Waals surface area contributed by atoms with Crippen LogP contribution in [0.3, 0.4) is 0 Å². The number of aromatic nitrogens is 4. The van der Waals surface area contributed by atoms with Gasteiger partial charge in [0.15, 0.2) is 11.6 Å². The lowest BCUT2D eigenvalue weighted by atomic mass is 10.0. The van der Waals surface area contributed by atoms with Crippen LogP contribution in [0.2, 0.25) is 5.02 Å². The summed E-state index contributed by atoms with van der Waals surface area (Å²) in [7, 11) is -3.87. The Bertz CT molecular complexity index is 2370. The van der Waals surface area contributed by atoms with E-state index in [1.54, 1.807) is 37.5 Å². The molecule has 0 radical (unpaired) electrons. The SMILES string of the molecule is CC(=O)c1nn(CC(=O)N2C[C@H](F)C[C@H]2C(=O)Nc2cccc(-c3cc(S(=O)(=O)NC4CC4)ccc3Cl)c2F)c2ccc(-c3cnc(C)nc3)cc12. The monoisotopic (exact) mass is 747 g/mol. The summed E-state index contributed by atoms with van der Waals surface area (Å²) in [6.07, 6.45) is 2.94. The zero-order valence-corrected chi connectivity index (χ0v) is 29.5. The number of nitrogens with zero attached hydrogens (tertiary/aromatic N) is 5. The van der Waals surface area contributed by atoms with Gasteiger partial charge in [-0.25, -0.2) is 31.9 Å². The first-order valence-corrected chi connectivity index (χ1v) is 18.3. The lowest BCUT2D eigenvalue weighted by Gasteiger charge is -2.24. The van der Waals surface area contributed by atoms with Crippen LogP contribution >= 0.6 is 11.6 Å². The summed E-state index contributed by atoms with van der Waals surface area (Å²) in [5, 5.41) is 7.45. The van der Waals surface area contributed by atoms with Crippen molar-refractivity contribution < 1.29 is 31.6 Å². The number of fused-ring (bicyclic) bond motifs is 1. The van der Waals surface area contributed by atoms with E-state index in [4.69, 9.17) is 11.6 Å². The van der Waals surface area contributed by atoms with Gasteiger partial charge >= 0.3 is 0 Å². The highest BCUT2D eigenvalue weighted by Gasteiger charge is 2.40. The summed E-state index contributed by atoms with van der Waals surface area (Å²) < 4.78 is 60.4. The number of hydrogen-bond donors (Lipinski definition) is 2. The molecule has 3 heterocycles. The molecule has 1 saturated heterocycles. The molecule has 0 spiro atoms. The number of ketones is 1. The van der Waals surface area contributed by atoms with Crippen molar-refractivity contribution in [3.63, 3.8) is 0 Å². The molecule has 5 aromatic rings. The highest BCUT2D eigenvalue weighted by molar-refractivity contribution is 7.89. The normalized spacial score (nSPS) is 17.4. The van der Waals surface area contributed by atoms with Gasteiger partial charge in [-0.05, 0) is 61.7 Å². The molecule has 1 aliphatic heterocycles. The molecule has 52 heavy (non-hydrogen) atoms. The van der Waals surface area contributed by atoms with Crippen LogP contribution < -0.4 is 10.0 Å². The first-order valence-electron chi connectivity index (χ1n) is 16.4. The Morgan fingerprint density at radius 3 is 2.46 bits per heavy atom. The standard InChI is InChI=1S/C36H32ClF2N7O5S/c1-19(47)35-28-12-21(22-15-40-20(2)41-16-22)6-11-31(28)46(43-35)18-33(48)45-17-23(38)13-32(45)36(49)42-30-5-3-4-26(34(30)39)27-14-25(9-10-29(27)37)52(50,51)44-24-7-8-24/h3-6,9-12,14-16,23-24,32,44H,7-8,13,17-18H2,1-2H3,(H,42,49)/t23-,32+/m1/s1. The van der Waals surface area contributed by atoms with Crippen molar-refractivity contribution in [2.24, 2.45) is 0 Å². The van der Waals surface area contributed by atoms with Gasteiger partial charge in [-0.3, -0.25) is 19.1 Å². The molecule has 16 heteroatoms. The molecule has 0 bridgehead atoms. The number of anilines is 1. The molecule has 2 fully saturated rings. The van der Waals surface area contributed by atoms with Crippen molar-refractivity contribution in [1.29, 1.82) is 0 Å². The van der Waals surface area contributed by atoms with Crippen LogP contribution in [0.15, 0.2) is 71.9 Å². The Morgan fingerprint density at radius 1 is 1.00 bits per heavy atom. The van der Waals surface area contributed by atoms with E-state index in [-0.39, 0.29) is 57.2 Å². The smallest absolute Gasteiger partial charge is 0.247 e. The van der Waals surface area contributed by atoms with Gasteiger partial charge in [0.2, 0.25) is 21.8 Å². The second kappa shape index (κ2) is 13.8. The number of likely N-dealkylation sites (tertiary alicyclic amines) is 1. The molecule has 1 saturated carbocycles. The van der Waals surface area contributed by atoms with Gasteiger partial charge in [0.25, 0.3) is 0 Å². The largest absolute Gasteiger partial charge is 0.326 e. The van der Waals surface area contributed by atoms with Crippen LogP contribution in [0.4, 0.5) is 14.5 Å². The number of sulfonamides is 1. The summed E-state index contributed by atoms with van der Waals surface area (Å²) in [4.78, 5) is 49.2. The van der Waals surface area contributed by atoms with Gasteiger partial charge in [-0.15, -0.1) is 0 Å². The maximum Gasteiger partial charge on any atom is 0.247 e. The third-order valence-corrected chi connectivity index (χ3v) is 10.9. The zero-order chi connectivity index (χ0) is 36.9. The van der Waals surface area contributed by atoms with Gasteiger partial charge < -0.3 is 10.2 Å². The molecule has 2 N–H and O–H groups in total. The first kappa shape index (κ1) is 35.3. The number of aryl methyl sites for hydroxylation is 1. The van der Waals surface area contributed by atoms with E-state index < -0.39 is 46.4 Å².